The molecule has 0 aromatic heterocycles. The van der Waals surface area contributed by atoms with Crippen molar-refractivity contribution in [3.8, 4) is 0 Å². The van der Waals surface area contributed by atoms with Crippen molar-refractivity contribution in [2.45, 2.75) is 12.0 Å². The monoisotopic (exact) mass is 312 g/mol. The van der Waals surface area contributed by atoms with Crippen LogP contribution in [0.2, 0.25) is 0 Å². The SMILES string of the molecule is CNC(=O)[C@H]1c2ccccc2C(=O)N(C)[C@@H]1c1ccccc1F. The van der Waals surface area contributed by atoms with E-state index in [9.17, 15) is 14.0 Å². The Labute approximate surface area is 133 Å². The van der Waals surface area contributed by atoms with Crippen molar-refractivity contribution in [2.24, 2.45) is 0 Å². The van der Waals surface area contributed by atoms with Gasteiger partial charge in [0.05, 0.1) is 12.0 Å². The predicted molar refractivity (Wildman–Crippen MR) is 84.5 cm³/mol. The lowest BCUT2D eigenvalue weighted by atomic mass is 9.79. The van der Waals surface area contributed by atoms with Gasteiger partial charge in [-0.3, -0.25) is 9.59 Å². The number of amides is 2. The summed E-state index contributed by atoms with van der Waals surface area (Å²) >= 11 is 0. The van der Waals surface area contributed by atoms with Gasteiger partial charge in [-0.25, -0.2) is 4.39 Å². The molecular formula is C18H17FN2O2. The van der Waals surface area contributed by atoms with Crippen molar-refractivity contribution in [2.75, 3.05) is 14.1 Å². The van der Waals surface area contributed by atoms with E-state index in [1.165, 1.54) is 11.0 Å². The van der Waals surface area contributed by atoms with Gasteiger partial charge in [-0.15, -0.1) is 0 Å². The molecule has 1 N–H and O–H groups in total. The number of hydrogen-bond donors (Lipinski definition) is 1. The lowest BCUT2D eigenvalue weighted by Crippen LogP contribution is -2.45. The second kappa shape index (κ2) is 5.83. The molecule has 0 aliphatic carbocycles. The van der Waals surface area contributed by atoms with E-state index < -0.39 is 17.8 Å². The number of likely N-dealkylation sites (N-methyl/N-ethyl adjacent to an activating group) is 2. The lowest BCUT2D eigenvalue weighted by Gasteiger charge is -2.39. The summed E-state index contributed by atoms with van der Waals surface area (Å²) < 4.78 is 14.3. The summed E-state index contributed by atoms with van der Waals surface area (Å²) in [5.41, 5.74) is 1.45. The van der Waals surface area contributed by atoms with E-state index in [0.717, 1.165) is 0 Å². The molecule has 5 heteroatoms. The van der Waals surface area contributed by atoms with Crippen molar-refractivity contribution in [3.05, 3.63) is 71.0 Å². The summed E-state index contributed by atoms with van der Waals surface area (Å²) in [6.45, 7) is 0. The summed E-state index contributed by atoms with van der Waals surface area (Å²) in [6, 6.07) is 12.6. The molecule has 0 unspecified atom stereocenters. The minimum absolute atomic E-state index is 0.214. The molecule has 0 spiro atoms. The van der Waals surface area contributed by atoms with Crippen LogP contribution in [0.3, 0.4) is 0 Å². The number of carbonyl (C=O) groups is 2. The Kier molecular flexibility index (Phi) is 3.86. The molecule has 1 aliphatic heterocycles. The van der Waals surface area contributed by atoms with E-state index in [1.807, 2.05) is 0 Å². The molecule has 0 saturated heterocycles. The first-order chi connectivity index (χ1) is 11.1. The van der Waals surface area contributed by atoms with Crippen molar-refractivity contribution >= 4 is 11.8 Å². The van der Waals surface area contributed by atoms with Gasteiger partial charge in [0, 0.05) is 25.2 Å². The number of hydrogen-bond acceptors (Lipinski definition) is 2. The van der Waals surface area contributed by atoms with Crippen LogP contribution in [-0.2, 0) is 4.79 Å². The highest BCUT2D eigenvalue weighted by molar-refractivity contribution is 6.01. The number of fused-ring (bicyclic) bond motifs is 1. The number of halogens is 1. The summed E-state index contributed by atoms with van der Waals surface area (Å²) in [5.74, 6) is -1.54. The van der Waals surface area contributed by atoms with Crippen LogP contribution in [0.15, 0.2) is 48.5 Å². The van der Waals surface area contributed by atoms with Gasteiger partial charge in [-0.1, -0.05) is 36.4 Å². The van der Waals surface area contributed by atoms with E-state index in [0.29, 0.717) is 16.7 Å². The van der Waals surface area contributed by atoms with Crippen LogP contribution in [0.4, 0.5) is 4.39 Å². The third kappa shape index (κ3) is 2.38. The quantitative estimate of drug-likeness (QED) is 0.926. The fraction of sp³-hybridized carbons (Fsp3) is 0.222. The summed E-state index contributed by atoms with van der Waals surface area (Å²) in [6.07, 6.45) is 0. The predicted octanol–water partition coefficient (Wildman–Crippen LogP) is 2.48. The second-order valence-corrected chi connectivity index (χ2v) is 5.56. The molecule has 1 aliphatic rings. The van der Waals surface area contributed by atoms with Gasteiger partial charge in [0.2, 0.25) is 5.91 Å². The molecule has 1 heterocycles. The fourth-order valence-electron chi connectivity index (χ4n) is 3.22. The zero-order valence-corrected chi connectivity index (χ0v) is 12.9. The van der Waals surface area contributed by atoms with E-state index in [-0.39, 0.29) is 11.8 Å². The number of benzene rings is 2. The maximum atomic E-state index is 14.3. The summed E-state index contributed by atoms with van der Waals surface area (Å²) in [4.78, 5) is 26.6. The third-order valence-corrected chi connectivity index (χ3v) is 4.33. The Morgan fingerprint density at radius 3 is 2.35 bits per heavy atom. The smallest absolute Gasteiger partial charge is 0.254 e. The molecule has 3 rings (SSSR count). The van der Waals surface area contributed by atoms with Crippen LogP contribution in [0.1, 0.15) is 33.4 Å². The highest BCUT2D eigenvalue weighted by Crippen LogP contribution is 2.42. The molecule has 0 bridgehead atoms. The Bertz CT molecular complexity index is 775. The minimum Gasteiger partial charge on any atom is -0.359 e. The molecule has 2 aromatic carbocycles. The average Bonchev–Trinajstić information content (AvgIpc) is 2.58. The zero-order chi connectivity index (χ0) is 16.6. The van der Waals surface area contributed by atoms with Crippen molar-refractivity contribution < 1.29 is 14.0 Å². The lowest BCUT2D eigenvalue weighted by molar-refractivity contribution is -0.123. The number of carbonyl (C=O) groups excluding carboxylic acids is 2. The van der Waals surface area contributed by atoms with E-state index in [4.69, 9.17) is 0 Å². The fourth-order valence-corrected chi connectivity index (χ4v) is 3.22. The number of nitrogens with zero attached hydrogens (tertiary/aromatic N) is 1. The third-order valence-electron chi connectivity index (χ3n) is 4.33. The van der Waals surface area contributed by atoms with Gasteiger partial charge in [0.25, 0.3) is 5.91 Å². The highest BCUT2D eigenvalue weighted by atomic mass is 19.1. The largest absolute Gasteiger partial charge is 0.359 e. The summed E-state index contributed by atoms with van der Waals surface area (Å²) in [7, 11) is 3.14. The normalized spacial score (nSPS) is 20.1. The Hall–Kier alpha value is -2.69. The molecule has 0 radical (unpaired) electrons. The first kappa shape index (κ1) is 15.2. The molecule has 0 fully saturated rings. The molecule has 2 atom stereocenters. The first-order valence-corrected chi connectivity index (χ1v) is 7.38. The molecule has 23 heavy (non-hydrogen) atoms. The Morgan fingerprint density at radius 1 is 1.09 bits per heavy atom. The summed E-state index contributed by atoms with van der Waals surface area (Å²) in [5, 5.41) is 2.63. The van der Waals surface area contributed by atoms with Crippen LogP contribution in [0.25, 0.3) is 0 Å². The Balaban J connectivity index is 2.23. The Morgan fingerprint density at radius 2 is 1.70 bits per heavy atom. The van der Waals surface area contributed by atoms with E-state index >= 15 is 0 Å². The van der Waals surface area contributed by atoms with Crippen molar-refractivity contribution in [3.63, 3.8) is 0 Å². The van der Waals surface area contributed by atoms with Gasteiger partial charge in [-0.2, -0.15) is 0 Å². The zero-order valence-electron chi connectivity index (χ0n) is 12.9. The molecule has 118 valence electrons. The molecule has 2 aromatic rings. The molecule has 0 saturated carbocycles. The average molecular weight is 312 g/mol. The molecule has 4 nitrogen and oxygen atoms in total. The second-order valence-electron chi connectivity index (χ2n) is 5.56. The van der Waals surface area contributed by atoms with Crippen LogP contribution in [0.5, 0.6) is 0 Å². The van der Waals surface area contributed by atoms with E-state index in [1.54, 1.807) is 56.6 Å². The van der Waals surface area contributed by atoms with Crippen molar-refractivity contribution in [1.82, 2.24) is 10.2 Å². The van der Waals surface area contributed by atoms with Crippen LogP contribution < -0.4 is 5.32 Å². The molecular weight excluding hydrogens is 295 g/mol. The minimum atomic E-state index is -0.682. The van der Waals surface area contributed by atoms with E-state index in [2.05, 4.69) is 5.32 Å². The standard InChI is InChI=1S/C18H17FN2O2/c1-20-17(22)15-11-7-3-4-8-12(11)18(23)21(2)16(15)13-9-5-6-10-14(13)19/h3-10,15-16H,1-2H3,(H,20,22)/t15-,16+/m0/s1. The maximum Gasteiger partial charge on any atom is 0.254 e. The molecule has 2 amide bonds. The van der Waals surface area contributed by atoms with Crippen LogP contribution in [0, 0.1) is 5.82 Å². The highest BCUT2D eigenvalue weighted by Gasteiger charge is 2.43. The maximum absolute atomic E-state index is 14.3. The van der Waals surface area contributed by atoms with Crippen LogP contribution >= 0.6 is 0 Å². The number of nitrogens with one attached hydrogen (secondary N) is 1. The van der Waals surface area contributed by atoms with Gasteiger partial charge < -0.3 is 10.2 Å². The van der Waals surface area contributed by atoms with Gasteiger partial charge in [0.15, 0.2) is 0 Å². The van der Waals surface area contributed by atoms with Gasteiger partial charge >= 0.3 is 0 Å². The van der Waals surface area contributed by atoms with Gasteiger partial charge in [0.1, 0.15) is 5.82 Å². The first-order valence-electron chi connectivity index (χ1n) is 7.38. The number of rotatable bonds is 2. The topological polar surface area (TPSA) is 49.4 Å². The van der Waals surface area contributed by atoms with Gasteiger partial charge in [-0.05, 0) is 17.7 Å². The van der Waals surface area contributed by atoms with Crippen molar-refractivity contribution in [1.29, 1.82) is 0 Å². The van der Waals surface area contributed by atoms with Crippen LogP contribution in [-0.4, -0.2) is 30.8 Å².